The molecule has 3 aromatic rings. The third kappa shape index (κ3) is 4.03. The van der Waals surface area contributed by atoms with Gasteiger partial charge in [-0.1, -0.05) is 11.6 Å². The lowest BCUT2D eigenvalue weighted by Crippen LogP contribution is -2.54. The molecule has 35 heavy (non-hydrogen) atoms. The minimum Gasteiger partial charge on any atom is -0.436 e. The van der Waals surface area contributed by atoms with E-state index in [1.165, 1.54) is 23.1 Å². The number of benzene rings is 1. The lowest BCUT2D eigenvalue weighted by atomic mass is 9.83. The van der Waals surface area contributed by atoms with E-state index in [0.29, 0.717) is 19.0 Å². The number of halogens is 4. The van der Waals surface area contributed by atoms with Gasteiger partial charge in [-0.15, -0.1) is 0 Å². The van der Waals surface area contributed by atoms with Crippen molar-refractivity contribution in [3.8, 4) is 11.4 Å². The molecule has 13 heteroatoms. The summed E-state index contributed by atoms with van der Waals surface area (Å²) in [7, 11) is 0. The van der Waals surface area contributed by atoms with Crippen molar-refractivity contribution in [2.45, 2.75) is 25.0 Å². The second-order valence-electron chi connectivity index (χ2n) is 8.31. The maximum atomic E-state index is 15.0. The Morgan fingerprint density at radius 2 is 2.09 bits per heavy atom. The first-order valence-corrected chi connectivity index (χ1v) is 11.0. The number of fused-ring (bicyclic) bond motifs is 2. The highest BCUT2D eigenvalue weighted by Crippen LogP contribution is 2.45. The van der Waals surface area contributed by atoms with Gasteiger partial charge in [0.15, 0.2) is 17.2 Å². The molecular weight excluding hydrogens is 489 g/mol. The maximum Gasteiger partial charge on any atom is 0.412 e. The van der Waals surface area contributed by atoms with Crippen LogP contribution in [0.4, 0.5) is 29.5 Å². The van der Waals surface area contributed by atoms with E-state index in [9.17, 15) is 18.4 Å². The number of nitrogens with two attached hydrogens (primary N) is 1. The lowest BCUT2D eigenvalue weighted by Gasteiger charge is -2.45. The van der Waals surface area contributed by atoms with E-state index in [-0.39, 0.29) is 53.0 Å². The zero-order valence-electron chi connectivity index (χ0n) is 18.0. The number of aromatic nitrogens is 3. The smallest absolute Gasteiger partial charge is 0.412 e. The molecule has 5 rings (SSSR count). The molecule has 0 bridgehead atoms. The average molecular weight is 507 g/mol. The summed E-state index contributed by atoms with van der Waals surface area (Å²) in [5, 5.41) is 6.46. The topological polar surface area (TPSA) is 115 Å². The highest BCUT2D eigenvalue weighted by Gasteiger charge is 2.48. The SMILES string of the molecule is Nc1cc(-c2ncc(F)cc2F)nn1CC(=O)N1CCC[C@@]2(C1)OC(=O)Nc1ccc(Cl)c(F)c12. The van der Waals surface area contributed by atoms with Gasteiger partial charge >= 0.3 is 6.09 Å². The van der Waals surface area contributed by atoms with Gasteiger partial charge in [-0.05, 0) is 25.0 Å². The zero-order valence-corrected chi connectivity index (χ0v) is 18.8. The number of hydrogen-bond donors (Lipinski definition) is 2. The van der Waals surface area contributed by atoms with E-state index in [2.05, 4.69) is 15.4 Å². The van der Waals surface area contributed by atoms with Gasteiger partial charge in [-0.2, -0.15) is 5.10 Å². The van der Waals surface area contributed by atoms with Gasteiger partial charge < -0.3 is 15.4 Å². The monoisotopic (exact) mass is 506 g/mol. The Morgan fingerprint density at radius 3 is 2.86 bits per heavy atom. The van der Waals surface area contributed by atoms with Gasteiger partial charge in [0.1, 0.15) is 29.6 Å². The third-order valence-electron chi connectivity index (χ3n) is 6.03. The van der Waals surface area contributed by atoms with Gasteiger partial charge in [-0.3, -0.25) is 10.1 Å². The second kappa shape index (κ2) is 8.45. The molecule has 1 fully saturated rings. The fourth-order valence-corrected chi connectivity index (χ4v) is 4.65. The number of carbonyl (C=O) groups is 2. The first kappa shape index (κ1) is 23.0. The van der Waals surface area contributed by atoms with Crippen LogP contribution in [0.15, 0.2) is 30.5 Å². The van der Waals surface area contributed by atoms with Crippen LogP contribution in [-0.2, 0) is 21.7 Å². The van der Waals surface area contributed by atoms with Gasteiger partial charge in [0.25, 0.3) is 0 Å². The van der Waals surface area contributed by atoms with Crippen molar-refractivity contribution in [2.75, 3.05) is 24.1 Å². The van der Waals surface area contributed by atoms with Crippen LogP contribution in [0.5, 0.6) is 0 Å². The molecule has 1 spiro atoms. The number of nitrogen functional groups attached to an aromatic ring is 1. The molecule has 9 nitrogen and oxygen atoms in total. The minimum atomic E-state index is -1.41. The standard InChI is InChI=1S/C22H18ClF3N6O3/c23-12-2-3-14-18(19(12)26)22(35-21(34)29-14)4-1-5-31(10-22)17(33)9-32-16(27)7-15(30-32)20-13(25)6-11(24)8-28-20/h2-3,6-8H,1,4-5,9-10,27H2,(H,29,34)/t22-/m0/s1. The number of pyridine rings is 1. The lowest BCUT2D eigenvalue weighted by molar-refractivity contribution is -0.140. The van der Waals surface area contributed by atoms with Crippen molar-refractivity contribution in [2.24, 2.45) is 0 Å². The van der Waals surface area contributed by atoms with E-state index in [1.54, 1.807) is 0 Å². The Bertz CT molecular complexity index is 1370. The summed E-state index contributed by atoms with van der Waals surface area (Å²) < 4.78 is 49.0. The number of anilines is 2. The van der Waals surface area contributed by atoms with Crippen molar-refractivity contribution < 1.29 is 27.5 Å². The number of nitrogens with one attached hydrogen (secondary N) is 1. The molecule has 0 saturated carbocycles. The number of amides is 2. The molecule has 2 aromatic heterocycles. The molecule has 1 atom stereocenters. The summed E-state index contributed by atoms with van der Waals surface area (Å²) in [6.45, 7) is -0.0985. The van der Waals surface area contributed by atoms with Crippen LogP contribution in [0.3, 0.4) is 0 Å². The first-order valence-electron chi connectivity index (χ1n) is 10.6. The summed E-state index contributed by atoms with van der Waals surface area (Å²) in [5.41, 5.74) is 4.67. The number of likely N-dealkylation sites (tertiary alicyclic amines) is 1. The maximum absolute atomic E-state index is 15.0. The van der Waals surface area contributed by atoms with Crippen LogP contribution < -0.4 is 11.1 Å². The van der Waals surface area contributed by atoms with E-state index >= 15 is 4.39 Å². The zero-order chi connectivity index (χ0) is 24.9. The molecule has 182 valence electrons. The Morgan fingerprint density at radius 1 is 1.29 bits per heavy atom. The molecule has 0 radical (unpaired) electrons. The molecule has 2 aliphatic heterocycles. The van der Waals surface area contributed by atoms with Crippen LogP contribution in [0.1, 0.15) is 18.4 Å². The van der Waals surface area contributed by atoms with Gasteiger partial charge in [0, 0.05) is 18.7 Å². The highest BCUT2D eigenvalue weighted by atomic mass is 35.5. The predicted molar refractivity (Wildman–Crippen MR) is 119 cm³/mol. The fraction of sp³-hybridized carbons (Fsp3) is 0.273. The highest BCUT2D eigenvalue weighted by molar-refractivity contribution is 6.31. The summed E-state index contributed by atoms with van der Waals surface area (Å²) in [5.74, 6) is -2.87. The summed E-state index contributed by atoms with van der Waals surface area (Å²) in [6.07, 6.45) is 0.797. The van der Waals surface area contributed by atoms with Crippen molar-refractivity contribution in [3.63, 3.8) is 0 Å². The quantitative estimate of drug-likeness (QED) is 0.560. The van der Waals surface area contributed by atoms with Crippen LogP contribution in [0.25, 0.3) is 11.4 Å². The van der Waals surface area contributed by atoms with Gasteiger partial charge in [-0.25, -0.2) is 27.6 Å². The largest absolute Gasteiger partial charge is 0.436 e. The Kier molecular flexibility index (Phi) is 5.55. The Hall–Kier alpha value is -3.80. The number of carbonyl (C=O) groups excluding carboxylic acids is 2. The predicted octanol–water partition coefficient (Wildman–Crippen LogP) is 3.68. The molecule has 2 aliphatic rings. The van der Waals surface area contributed by atoms with Crippen molar-refractivity contribution in [1.29, 1.82) is 0 Å². The number of nitrogens with zero attached hydrogens (tertiary/aromatic N) is 4. The molecule has 0 aliphatic carbocycles. The van der Waals surface area contributed by atoms with Crippen LogP contribution in [-0.4, -0.2) is 44.8 Å². The molecular formula is C22H18ClF3N6O3. The fourth-order valence-electron chi connectivity index (χ4n) is 4.49. The number of hydrogen-bond acceptors (Lipinski definition) is 6. The van der Waals surface area contributed by atoms with Crippen molar-refractivity contribution in [3.05, 3.63) is 58.5 Å². The van der Waals surface area contributed by atoms with E-state index in [1.807, 2.05) is 0 Å². The molecule has 3 N–H and O–H groups in total. The van der Waals surface area contributed by atoms with Crippen LogP contribution in [0, 0.1) is 17.5 Å². The minimum absolute atomic E-state index is 0.0286. The van der Waals surface area contributed by atoms with Gasteiger partial charge in [0.2, 0.25) is 5.91 Å². The number of ether oxygens (including phenoxy) is 1. The van der Waals surface area contributed by atoms with E-state index in [0.717, 1.165) is 10.9 Å². The first-order chi connectivity index (χ1) is 16.7. The number of rotatable bonds is 3. The normalized spacial score (nSPS) is 19.3. The summed E-state index contributed by atoms with van der Waals surface area (Å²) in [4.78, 5) is 30.5. The molecule has 1 saturated heterocycles. The molecule has 0 unspecified atom stereocenters. The number of piperidine rings is 1. The second-order valence-corrected chi connectivity index (χ2v) is 8.71. The van der Waals surface area contributed by atoms with E-state index in [4.69, 9.17) is 22.1 Å². The van der Waals surface area contributed by atoms with Gasteiger partial charge in [0.05, 0.1) is 29.0 Å². The molecule has 2 amide bonds. The van der Waals surface area contributed by atoms with Crippen molar-refractivity contribution in [1.82, 2.24) is 19.7 Å². The summed E-state index contributed by atoms with van der Waals surface area (Å²) in [6, 6.07) is 4.80. The third-order valence-corrected chi connectivity index (χ3v) is 6.32. The molecule has 1 aromatic carbocycles. The van der Waals surface area contributed by atoms with Crippen LogP contribution in [0.2, 0.25) is 5.02 Å². The molecule has 4 heterocycles. The Balaban J connectivity index is 1.40. The van der Waals surface area contributed by atoms with Crippen LogP contribution >= 0.6 is 11.6 Å². The summed E-state index contributed by atoms with van der Waals surface area (Å²) >= 11 is 5.98. The average Bonchev–Trinajstić information content (AvgIpc) is 3.15. The Labute approximate surface area is 201 Å². The van der Waals surface area contributed by atoms with Crippen molar-refractivity contribution >= 4 is 35.1 Å². The van der Waals surface area contributed by atoms with E-state index < -0.39 is 35.1 Å².